The fraction of sp³-hybridized carbons (Fsp3) is 0.565. The van der Waals surface area contributed by atoms with Gasteiger partial charge in [-0.3, -0.25) is 9.59 Å². The molecule has 5 nitrogen and oxygen atoms in total. The number of amides is 1. The number of para-hydroxylation sites is 1. The van der Waals surface area contributed by atoms with Gasteiger partial charge in [0.1, 0.15) is 5.75 Å². The minimum atomic E-state index is -0.288. The van der Waals surface area contributed by atoms with E-state index in [9.17, 15) is 9.59 Å². The Labute approximate surface area is 168 Å². The van der Waals surface area contributed by atoms with Gasteiger partial charge >= 0.3 is 5.97 Å². The number of nitrogens with zero attached hydrogens (tertiary/aromatic N) is 1. The second kappa shape index (κ2) is 11.5. The van der Waals surface area contributed by atoms with Gasteiger partial charge in [0.25, 0.3) is 0 Å². The molecule has 0 heterocycles. The third-order valence-electron chi connectivity index (χ3n) is 5.32. The van der Waals surface area contributed by atoms with Crippen molar-refractivity contribution in [2.45, 2.75) is 58.4 Å². The molecule has 154 valence electrons. The highest BCUT2D eigenvalue weighted by atomic mass is 16.5. The highest BCUT2D eigenvalue weighted by Gasteiger charge is 2.29. The van der Waals surface area contributed by atoms with Gasteiger partial charge in [-0.2, -0.15) is 0 Å². The summed E-state index contributed by atoms with van der Waals surface area (Å²) in [4.78, 5) is 26.5. The maximum Gasteiger partial charge on any atom is 0.307 e. The smallest absolute Gasteiger partial charge is 0.307 e. The third kappa shape index (κ3) is 6.39. The molecule has 0 radical (unpaired) electrons. The molecule has 1 aliphatic carbocycles. The minimum absolute atomic E-state index is 0.0621. The second-order valence-electron chi connectivity index (χ2n) is 7.41. The summed E-state index contributed by atoms with van der Waals surface area (Å²) >= 11 is 0. The molecule has 0 N–H and O–H groups in total. The van der Waals surface area contributed by atoms with Crippen molar-refractivity contribution in [2.75, 3.05) is 20.3 Å². The number of ether oxygens (including phenoxy) is 2. The van der Waals surface area contributed by atoms with Crippen molar-refractivity contribution in [3.63, 3.8) is 0 Å². The molecule has 0 bridgehead atoms. The molecule has 0 aromatic heterocycles. The number of rotatable bonds is 9. The molecule has 1 aromatic carbocycles. The molecular formula is C23H33NO4. The van der Waals surface area contributed by atoms with E-state index in [1.54, 1.807) is 6.08 Å². The van der Waals surface area contributed by atoms with Crippen LogP contribution < -0.4 is 4.74 Å². The predicted molar refractivity (Wildman–Crippen MR) is 111 cm³/mol. The van der Waals surface area contributed by atoms with Crippen LogP contribution in [-0.4, -0.2) is 43.1 Å². The predicted octanol–water partition coefficient (Wildman–Crippen LogP) is 4.46. The molecule has 0 saturated heterocycles. The lowest BCUT2D eigenvalue weighted by Crippen LogP contribution is -2.45. The highest BCUT2D eigenvalue weighted by Crippen LogP contribution is 2.29. The van der Waals surface area contributed by atoms with E-state index < -0.39 is 0 Å². The van der Waals surface area contributed by atoms with Gasteiger partial charge in [0.2, 0.25) is 5.91 Å². The van der Waals surface area contributed by atoms with Crippen molar-refractivity contribution in [3.05, 3.63) is 35.9 Å². The van der Waals surface area contributed by atoms with Crippen LogP contribution in [0, 0.1) is 5.92 Å². The van der Waals surface area contributed by atoms with Crippen LogP contribution in [0.5, 0.6) is 5.75 Å². The number of carbonyl (C=O) groups excluding carboxylic acids is 2. The Hall–Kier alpha value is -2.30. The fourth-order valence-electron chi connectivity index (χ4n) is 3.73. The Morgan fingerprint density at radius 2 is 1.96 bits per heavy atom. The van der Waals surface area contributed by atoms with Gasteiger partial charge in [0.15, 0.2) is 0 Å². The van der Waals surface area contributed by atoms with Crippen molar-refractivity contribution in [1.29, 1.82) is 0 Å². The van der Waals surface area contributed by atoms with E-state index in [0.29, 0.717) is 19.1 Å². The summed E-state index contributed by atoms with van der Waals surface area (Å²) in [6.45, 7) is 5.29. The Morgan fingerprint density at radius 1 is 1.21 bits per heavy atom. The van der Waals surface area contributed by atoms with Crippen LogP contribution in [0.15, 0.2) is 30.3 Å². The number of carbonyl (C=O) groups is 2. The van der Waals surface area contributed by atoms with Gasteiger partial charge in [0, 0.05) is 24.2 Å². The first-order valence-electron chi connectivity index (χ1n) is 10.3. The van der Waals surface area contributed by atoms with Crippen LogP contribution in [0.4, 0.5) is 0 Å². The van der Waals surface area contributed by atoms with E-state index in [0.717, 1.165) is 37.0 Å². The van der Waals surface area contributed by atoms with Gasteiger partial charge in [-0.05, 0) is 37.3 Å². The van der Waals surface area contributed by atoms with E-state index in [2.05, 4.69) is 13.8 Å². The van der Waals surface area contributed by atoms with Gasteiger partial charge in [-0.25, -0.2) is 0 Å². The standard InChI is InChI=1S/C23H33NO4/c1-4-17-28-21-12-8-6-10-19(21)13-14-22(25)24(16-15-23(26)27-3)20-11-7-5-9-18(20)2/h6,8,10,12-14,18,20H,4-5,7,9,11,15-17H2,1-3H3/b14-13+. The molecule has 2 rings (SSSR count). The van der Waals surface area contributed by atoms with E-state index >= 15 is 0 Å². The van der Waals surface area contributed by atoms with Crippen molar-refractivity contribution >= 4 is 18.0 Å². The summed E-state index contributed by atoms with van der Waals surface area (Å²) < 4.78 is 10.5. The Kier molecular flexibility index (Phi) is 9.05. The van der Waals surface area contributed by atoms with Crippen LogP contribution in [0.25, 0.3) is 6.08 Å². The zero-order chi connectivity index (χ0) is 20.4. The third-order valence-corrected chi connectivity index (χ3v) is 5.32. The Morgan fingerprint density at radius 3 is 2.68 bits per heavy atom. The van der Waals surface area contributed by atoms with Crippen molar-refractivity contribution in [2.24, 2.45) is 5.92 Å². The van der Waals surface area contributed by atoms with Crippen molar-refractivity contribution in [3.8, 4) is 5.75 Å². The van der Waals surface area contributed by atoms with Crippen LogP contribution in [0.2, 0.25) is 0 Å². The number of hydrogen-bond acceptors (Lipinski definition) is 4. The van der Waals surface area contributed by atoms with Gasteiger partial charge in [-0.1, -0.05) is 44.9 Å². The normalized spacial score (nSPS) is 19.4. The Balaban J connectivity index is 2.14. The zero-order valence-corrected chi connectivity index (χ0v) is 17.4. The van der Waals surface area contributed by atoms with Crippen LogP contribution in [-0.2, 0) is 14.3 Å². The average Bonchev–Trinajstić information content (AvgIpc) is 2.72. The largest absolute Gasteiger partial charge is 0.493 e. The molecule has 1 amide bonds. The monoisotopic (exact) mass is 387 g/mol. The molecule has 1 saturated carbocycles. The number of hydrogen-bond donors (Lipinski definition) is 0. The molecule has 2 unspecified atom stereocenters. The molecule has 5 heteroatoms. The molecule has 28 heavy (non-hydrogen) atoms. The van der Waals surface area contributed by atoms with Crippen molar-refractivity contribution in [1.82, 2.24) is 4.90 Å². The first kappa shape index (κ1) is 22.0. The van der Waals surface area contributed by atoms with Crippen LogP contribution in [0.1, 0.15) is 57.9 Å². The topological polar surface area (TPSA) is 55.8 Å². The fourth-order valence-corrected chi connectivity index (χ4v) is 3.73. The molecule has 0 aliphatic heterocycles. The lowest BCUT2D eigenvalue weighted by molar-refractivity contribution is -0.142. The molecule has 1 aromatic rings. The Bertz CT molecular complexity index is 670. The molecule has 2 atom stereocenters. The summed E-state index contributed by atoms with van der Waals surface area (Å²) in [6, 6.07) is 7.88. The quantitative estimate of drug-likeness (QED) is 0.464. The summed E-state index contributed by atoms with van der Waals surface area (Å²) in [5.41, 5.74) is 0.883. The molecule has 1 aliphatic rings. The van der Waals surface area contributed by atoms with Crippen molar-refractivity contribution < 1.29 is 19.1 Å². The number of esters is 1. The first-order chi connectivity index (χ1) is 13.6. The van der Waals surface area contributed by atoms with Crippen LogP contribution >= 0.6 is 0 Å². The summed E-state index contributed by atoms with van der Waals surface area (Å²) in [6.07, 6.45) is 8.98. The lowest BCUT2D eigenvalue weighted by atomic mass is 9.84. The van der Waals surface area contributed by atoms with Gasteiger partial charge in [-0.15, -0.1) is 0 Å². The number of benzene rings is 1. The van der Waals surface area contributed by atoms with Gasteiger partial charge < -0.3 is 14.4 Å². The van der Waals surface area contributed by atoms with E-state index in [4.69, 9.17) is 9.47 Å². The van der Waals surface area contributed by atoms with E-state index in [1.807, 2.05) is 35.2 Å². The zero-order valence-electron chi connectivity index (χ0n) is 17.4. The summed E-state index contributed by atoms with van der Waals surface area (Å²) in [5, 5.41) is 0. The molecule has 0 spiro atoms. The van der Waals surface area contributed by atoms with Gasteiger partial charge in [0.05, 0.1) is 20.1 Å². The van der Waals surface area contributed by atoms with Crippen LogP contribution in [0.3, 0.4) is 0 Å². The second-order valence-corrected chi connectivity index (χ2v) is 7.41. The maximum atomic E-state index is 13.0. The molecular weight excluding hydrogens is 354 g/mol. The minimum Gasteiger partial charge on any atom is -0.493 e. The average molecular weight is 388 g/mol. The maximum absolute atomic E-state index is 13.0. The highest BCUT2D eigenvalue weighted by molar-refractivity contribution is 5.92. The lowest BCUT2D eigenvalue weighted by Gasteiger charge is -2.38. The van der Waals surface area contributed by atoms with E-state index in [-0.39, 0.29) is 24.3 Å². The first-order valence-corrected chi connectivity index (χ1v) is 10.3. The summed E-state index contributed by atoms with van der Waals surface area (Å²) in [7, 11) is 1.38. The SMILES string of the molecule is CCCOc1ccccc1/C=C/C(=O)N(CCC(=O)OC)C1CCCCC1C. The molecule has 1 fully saturated rings. The van der Waals surface area contributed by atoms with E-state index in [1.165, 1.54) is 13.5 Å². The number of methoxy groups -OCH3 is 1. The summed E-state index contributed by atoms with van der Waals surface area (Å²) in [5.74, 6) is 0.862.